The van der Waals surface area contributed by atoms with Crippen LogP contribution >= 0.6 is 0 Å². The Kier molecular flexibility index (Phi) is 3.59. The van der Waals surface area contributed by atoms with E-state index in [1.54, 1.807) is 4.68 Å². The van der Waals surface area contributed by atoms with E-state index in [-0.39, 0.29) is 5.78 Å². The summed E-state index contributed by atoms with van der Waals surface area (Å²) < 4.78 is 1.76. The molecule has 4 nitrogen and oxygen atoms in total. The molecule has 1 heterocycles. The van der Waals surface area contributed by atoms with Crippen molar-refractivity contribution < 1.29 is 4.79 Å². The van der Waals surface area contributed by atoms with Crippen LogP contribution in [0.5, 0.6) is 0 Å². The Bertz CT molecular complexity index is 835. The molecule has 3 aromatic rings. The minimum Gasteiger partial charge on any atom is -0.293 e. The summed E-state index contributed by atoms with van der Waals surface area (Å²) in [7, 11) is 0. The normalized spacial score (nSPS) is 10.7. The van der Waals surface area contributed by atoms with E-state index >= 15 is 0 Å². The molecule has 1 aromatic heterocycles. The van der Waals surface area contributed by atoms with E-state index in [1.807, 2.05) is 44.2 Å². The fraction of sp³-hybridized carbons (Fsp3) is 0.167. The quantitative estimate of drug-likeness (QED) is 0.690. The van der Waals surface area contributed by atoms with Crippen molar-refractivity contribution in [1.29, 1.82) is 0 Å². The Morgan fingerprint density at radius 2 is 1.77 bits per heavy atom. The van der Waals surface area contributed by atoms with E-state index in [0.29, 0.717) is 5.69 Å². The van der Waals surface area contributed by atoms with E-state index in [4.69, 9.17) is 0 Å². The Morgan fingerprint density at radius 3 is 2.45 bits per heavy atom. The maximum atomic E-state index is 11.9. The highest BCUT2D eigenvalue weighted by atomic mass is 16.1. The molecule has 0 bridgehead atoms. The van der Waals surface area contributed by atoms with Crippen LogP contribution in [0.1, 0.15) is 28.5 Å². The molecular weight excluding hydrogens is 274 g/mol. The molecule has 0 fully saturated rings. The van der Waals surface area contributed by atoms with Gasteiger partial charge in [-0.1, -0.05) is 47.7 Å². The zero-order valence-electron chi connectivity index (χ0n) is 12.9. The third kappa shape index (κ3) is 2.44. The molecule has 0 unspecified atom stereocenters. The highest BCUT2D eigenvalue weighted by Crippen LogP contribution is 2.27. The second-order valence-electron chi connectivity index (χ2n) is 5.41. The summed E-state index contributed by atoms with van der Waals surface area (Å²) in [5, 5.41) is 8.33. The maximum Gasteiger partial charge on any atom is 0.182 e. The predicted molar refractivity (Wildman–Crippen MR) is 86.3 cm³/mol. The monoisotopic (exact) mass is 291 g/mol. The van der Waals surface area contributed by atoms with Crippen LogP contribution in [0.4, 0.5) is 0 Å². The van der Waals surface area contributed by atoms with Crippen LogP contribution in [0.15, 0.2) is 48.5 Å². The van der Waals surface area contributed by atoms with Crippen LogP contribution in [0.25, 0.3) is 16.9 Å². The lowest BCUT2D eigenvalue weighted by Crippen LogP contribution is -2.04. The van der Waals surface area contributed by atoms with Crippen LogP contribution in [0, 0.1) is 13.8 Å². The Hall–Kier alpha value is -2.75. The number of hydrogen-bond acceptors (Lipinski definition) is 3. The second-order valence-corrected chi connectivity index (χ2v) is 5.41. The smallest absolute Gasteiger partial charge is 0.182 e. The van der Waals surface area contributed by atoms with Crippen LogP contribution in [0.2, 0.25) is 0 Å². The average molecular weight is 291 g/mol. The molecular formula is C18H17N3O. The highest BCUT2D eigenvalue weighted by molar-refractivity contribution is 5.98. The number of hydrogen-bond donors (Lipinski definition) is 0. The molecule has 0 radical (unpaired) electrons. The lowest BCUT2D eigenvalue weighted by molar-refractivity contribution is 0.101. The van der Waals surface area contributed by atoms with E-state index in [2.05, 4.69) is 28.5 Å². The van der Waals surface area contributed by atoms with Gasteiger partial charge in [-0.3, -0.25) is 4.79 Å². The number of aromatic nitrogens is 3. The average Bonchev–Trinajstić information content (AvgIpc) is 2.95. The molecule has 4 heteroatoms. The number of ketones is 1. The topological polar surface area (TPSA) is 47.8 Å². The molecule has 0 saturated heterocycles. The van der Waals surface area contributed by atoms with E-state index in [0.717, 1.165) is 28.1 Å². The second kappa shape index (κ2) is 5.56. The number of benzene rings is 2. The summed E-state index contributed by atoms with van der Waals surface area (Å²) in [4.78, 5) is 11.9. The van der Waals surface area contributed by atoms with Gasteiger partial charge < -0.3 is 0 Å². The molecule has 0 saturated carbocycles. The minimum absolute atomic E-state index is 0.0876. The highest BCUT2D eigenvalue weighted by Gasteiger charge is 2.20. The number of rotatable bonds is 3. The van der Waals surface area contributed by atoms with Gasteiger partial charge in [0.1, 0.15) is 5.69 Å². The van der Waals surface area contributed by atoms with Gasteiger partial charge in [0.25, 0.3) is 0 Å². The van der Waals surface area contributed by atoms with Crippen LogP contribution < -0.4 is 0 Å². The summed E-state index contributed by atoms with van der Waals surface area (Å²) in [6.45, 7) is 5.58. The molecule has 0 aliphatic rings. The third-order valence-corrected chi connectivity index (χ3v) is 3.64. The lowest BCUT2D eigenvalue weighted by Gasteiger charge is -2.11. The van der Waals surface area contributed by atoms with Crippen molar-refractivity contribution in [3.63, 3.8) is 0 Å². The van der Waals surface area contributed by atoms with Gasteiger partial charge in [0.05, 0.1) is 5.69 Å². The first-order valence-corrected chi connectivity index (χ1v) is 7.17. The number of aryl methyl sites for hydroxylation is 2. The molecule has 0 amide bonds. The number of Topliss-reactive ketones (excluding diaryl/α,β-unsaturated/α-hetero) is 1. The molecule has 0 aliphatic carbocycles. The van der Waals surface area contributed by atoms with Gasteiger partial charge in [0.15, 0.2) is 11.5 Å². The van der Waals surface area contributed by atoms with E-state index in [1.165, 1.54) is 6.92 Å². The van der Waals surface area contributed by atoms with Crippen molar-refractivity contribution in [2.45, 2.75) is 20.8 Å². The van der Waals surface area contributed by atoms with Gasteiger partial charge in [0, 0.05) is 12.5 Å². The molecule has 0 N–H and O–H groups in total. The first-order chi connectivity index (χ1) is 10.6. The number of nitrogens with zero attached hydrogens (tertiary/aromatic N) is 3. The summed E-state index contributed by atoms with van der Waals surface area (Å²) in [5.74, 6) is -0.0876. The van der Waals surface area contributed by atoms with Crippen molar-refractivity contribution in [2.24, 2.45) is 0 Å². The van der Waals surface area contributed by atoms with E-state index < -0.39 is 0 Å². The summed E-state index contributed by atoms with van der Waals surface area (Å²) >= 11 is 0. The lowest BCUT2D eigenvalue weighted by atomic mass is 10.1. The standard InChI is InChI=1S/C18H17N3O/c1-12-9-10-13(2)16(11-12)21-18(15-7-5-4-6-8-15)17(14(3)22)19-20-21/h4-11H,1-3H3. The largest absolute Gasteiger partial charge is 0.293 e. The number of carbonyl (C=O) groups is 1. The molecule has 0 atom stereocenters. The maximum absolute atomic E-state index is 11.9. The molecule has 0 spiro atoms. The van der Waals surface area contributed by atoms with Crippen molar-refractivity contribution in [3.8, 4) is 16.9 Å². The predicted octanol–water partition coefficient (Wildman–Crippen LogP) is 3.75. The molecule has 2 aromatic carbocycles. The number of carbonyl (C=O) groups excluding carboxylic acids is 1. The van der Waals surface area contributed by atoms with Crippen molar-refractivity contribution in [3.05, 3.63) is 65.4 Å². The first-order valence-electron chi connectivity index (χ1n) is 7.17. The SMILES string of the molecule is CC(=O)c1nnn(-c2cc(C)ccc2C)c1-c1ccccc1. The van der Waals surface area contributed by atoms with Gasteiger partial charge in [-0.05, 0) is 31.0 Å². The van der Waals surface area contributed by atoms with Crippen LogP contribution in [-0.2, 0) is 0 Å². The molecule has 0 aliphatic heterocycles. The Balaban J connectivity index is 2.30. The van der Waals surface area contributed by atoms with Gasteiger partial charge in [-0.15, -0.1) is 5.10 Å². The van der Waals surface area contributed by atoms with E-state index in [9.17, 15) is 4.79 Å². The summed E-state index contributed by atoms with van der Waals surface area (Å²) in [5.41, 5.74) is 5.23. The first kappa shape index (κ1) is 14.2. The molecule has 110 valence electrons. The van der Waals surface area contributed by atoms with Gasteiger partial charge in [-0.25, -0.2) is 4.68 Å². The van der Waals surface area contributed by atoms with Gasteiger partial charge in [0.2, 0.25) is 0 Å². The zero-order valence-corrected chi connectivity index (χ0v) is 12.9. The molecule has 22 heavy (non-hydrogen) atoms. The zero-order chi connectivity index (χ0) is 15.7. The van der Waals surface area contributed by atoms with Gasteiger partial charge in [-0.2, -0.15) is 0 Å². The summed E-state index contributed by atoms with van der Waals surface area (Å²) in [6.07, 6.45) is 0. The van der Waals surface area contributed by atoms with Gasteiger partial charge >= 0.3 is 0 Å². The van der Waals surface area contributed by atoms with Crippen LogP contribution in [0.3, 0.4) is 0 Å². The van der Waals surface area contributed by atoms with Crippen molar-refractivity contribution in [1.82, 2.24) is 15.0 Å². The molecule has 3 rings (SSSR count). The van der Waals surface area contributed by atoms with Crippen molar-refractivity contribution in [2.75, 3.05) is 0 Å². The fourth-order valence-electron chi connectivity index (χ4n) is 2.49. The fourth-order valence-corrected chi connectivity index (χ4v) is 2.49. The summed E-state index contributed by atoms with van der Waals surface area (Å²) in [6, 6.07) is 15.9. The minimum atomic E-state index is -0.0876. The Labute approximate surface area is 129 Å². The van der Waals surface area contributed by atoms with Crippen LogP contribution in [-0.4, -0.2) is 20.8 Å². The van der Waals surface area contributed by atoms with Crippen molar-refractivity contribution >= 4 is 5.78 Å². The Morgan fingerprint density at radius 1 is 1.05 bits per heavy atom. The third-order valence-electron chi connectivity index (χ3n) is 3.64.